The van der Waals surface area contributed by atoms with Crippen LogP contribution < -0.4 is 4.74 Å². The quantitative estimate of drug-likeness (QED) is 0.115. The van der Waals surface area contributed by atoms with Crippen molar-refractivity contribution in [2.45, 2.75) is 69.4 Å². The van der Waals surface area contributed by atoms with Crippen molar-refractivity contribution in [1.82, 2.24) is 9.80 Å². The van der Waals surface area contributed by atoms with Crippen LogP contribution in [0.1, 0.15) is 73.0 Å². The highest BCUT2D eigenvalue weighted by Crippen LogP contribution is 2.46. The van der Waals surface area contributed by atoms with Crippen LogP contribution in [0.15, 0.2) is 42.0 Å². The van der Waals surface area contributed by atoms with Gasteiger partial charge in [-0.2, -0.15) is 13.2 Å². The fourth-order valence-electron chi connectivity index (χ4n) is 5.69. The number of piperidine rings is 1. The molecule has 2 aromatic rings. The topological polar surface area (TPSA) is 79.3 Å². The SMILES string of the molecule is C/C=C(\C)[C@@H](C(=O)OC)N(CO)C(=O)c1cc(C2CC2)c(OCC2(F)CCN(C(c3cc(Cl)cc(Cl)c3)C(F)(F)F)CC2)cc1F. The summed E-state index contributed by atoms with van der Waals surface area (Å²) in [6.07, 6.45) is -2.25. The fourth-order valence-corrected chi connectivity index (χ4v) is 6.24. The van der Waals surface area contributed by atoms with Crippen LogP contribution in [0.3, 0.4) is 0 Å². The first-order chi connectivity index (χ1) is 21.6. The van der Waals surface area contributed by atoms with Crippen molar-refractivity contribution in [3.8, 4) is 5.75 Å². The second-order valence-electron chi connectivity index (χ2n) is 11.6. The molecule has 1 unspecified atom stereocenters. The lowest BCUT2D eigenvalue weighted by atomic mass is 9.91. The Kier molecular flexibility index (Phi) is 11.3. The summed E-state index contributed by atoms with van der Waals surface area (Å²) in [7, 11) is 1.13. The summed E-state index contributed by atoms with van der Waals surface area (Å²) in [4.78, 5) is 27.8. The van der Waals surface area contributed by atoms with Crippen LogP contribution >= 0.6 is 23.2 Å². The minimum Gasteiger partial charge on any atom is -0.490 e. The van der Waals surface area contributed by atoms with E-state index in [-0.39, 0.29) is 53.2 Å². The molecule has 0 spiro atoms. The zero-order valence-electron chi connectivity index (χ0n) is 25.5. The van der Waals surface area contributed by atoms with Crippen LogP contribution in [0.5, 0.6) is 5.75 Å². The van der Waals surface area contributed by atoms with Gasteiger partial charge in [0.05, 0.1) is 12.7 Å². The lowest BCUT2D eigenvalue weighted by Gasteiger charge is -2.41. The molecule has 2 aliphatic rings. The molecule has 1 aliphatic heterocycles. The third-order valence-electron chi connectivity index (χ3n) is 8.44. The van der Waals surface area contributed by atoms with Gasteiger partial charge in [-0.1, -0.05) is 29.3 Å². The molecule has 0 bridgehead atoms. The molecule has 2 fully saturated rings. The summed E-state index contributed by atoms with van der Waals surface area (Å²) >= 11 is 11.9. The summed E-state index contributed by atoms with van der Waals surface area (Å²) < 4.78 is 84.4. The van der Waals surface area contributed by atoms with E-state index in [1.807, 2.05) is 0 Å². The third-order valence-corrected chi connectivity index (χ3v) is 8.88. The largest absolute Gasteiger partial charge is 0.490 e. The number of aliphatic hydroxyl groups excluding tert-OH is 1. The molecule has 2 aromatic carbocycles. The lowest BCUT2D eigenvalue weighted by Crippen LogP contribution is -2.49. The van der Waals surface area contributed by atoms with E-state index in [1.54, 1.807) is 19.9 Å². The normalized spacial score (nSPS) is 18.5. The number of benzene rings is 2. The number of hydrogen-bond donors (Lipinski definition) is 1. The average molecular weight is 694 g/mol. The van der Waals surface area contributed by atoms with E-state index in [2.05, 4.69) is 0 Å². The maximum Gasteiger partial charge on any atom is 0.408 e. The molecule has 1 amide bonds. The van der Waals surface area contributed by atoms with Gasteiger partial charge in [0.15, 0.2) is 6.04 Å². The molecular weight excluding hydrogens is 658 g/mol. The number of alkyl halides is 4. The smallest absolute Gasteiger partial charge is 0.408 e. The first-order valence-corrected chi connectivity index (χ1v) is 15.4. The fraction of sp³-hybridized carbons (Fsp3) is 0.500. The Morgan fingerprint density at radius 1 is 1.13 bits per heavy atom. The van der Waals surface area contributed by atoms with E-state index in [1.165, 1.54) is 24.3 Å². The maximum atomic E-state index is 15.9. The molecule has 46 heavy (non-hydrogen) atoms. The average Bonchev–Trinajstić information content (AvgIpc) is 3.83. The van der Waals surface area contributed by atoms with Crippen LogP contribution in [0, 0.1) is 5.82 Å². The maximum absolute atomic E-state index is 15.9. The summed E-state index contributed by atoms with van der Waals surface area (Å²) in [5.41, 5.74) is -1.71. The Balaban J connectivity index is 1.52. The molecule has 7 nitrogen and oxygen atoms in total. The summed E-state index contributed by atoms with van der Waals surface area (Å²) in [5, 5.41) is 10.1. The predicted octanol–water partition coefficient (Wildman–Crippen LogP) is 7.40. The Bertz CT molecular complexity index is 1460. The van der Waals surface area contributed by atoms with Crippen molar-refractivity contribution >= 4 is 35.1 Å². The number of rotatable bonds is 11. The number of carbonyl (C=O) groups excluding carboxylic acids is 2. The number of amides is 1. The summed E-state index contributed by atoms with van der Waals surface area (Å²) in [6, 6.07) is 2.61. The first kappa shape index (κ1) is 35.9. The molecule has 1 N–H and O–H groups in total. The van der Waals surface area contributed by atoms with Crippen LogP contribution in [0.4, 0.5) is 22.0 Å². The number of likely N-dealkylation sites (tertiary alicyclic amines) is 1. The van der Waals surface area contributed by atoms with Gasteiger partial charge in [-0.3, -0.25) is 14.6 Å². The molecule has 1 saturated carbocycles. The molecule has 0 radical (unpaired) electrons. The van der Waals surface area contributed by atoms with E-state index in [4.69, 9.17) is 32.7 Å². The summed E-state index contributed by atoms with van der Waals surface area (Å²) in [6.45, 7) is 1.27. The van der Waals surface area contributed by atoms with Crippen LogP contribution in [-0.4, -0.2) is 78.2 Å². The Morgan fingerprint density at radius 3 is 2.24 bits per heavy atom. The van der Waals surface area contributed by atoms with Gasteiger partial charge in [0.25, 0.3) is 5.91 Å². The molecule has 252 valence electrons. The van der Waals surface area contributed by atoms with E-state index in [0.29, 0.717) is 24.0 Å². The zero-order valence-corrected chi connectivity index (χ0v) is 27.0. The number of methoxy groups -OCH3 is 1. The number of esters is 1. The highest BCUT2D eigenvalue weighted by molar-refractivity contribution is 6.34. The van der Waals surface area contributed by atoms with Crippen molar-refractivity contribution in [3.63, 3.8) is 0 Å². The predicted molar refractivity (Wildman–Crippen MR) is 162 cm³/mol. The zero-order chi connectivity index (χ0) is 34.0. The van der Waals surface area contributed by atoms with Crippen LogP contribution in [0.2, 0.25) is 10.0 Å². The van der Waals surface area contributed by atoms with Crippen molar-refractivity contribution in [2.24, 2.45) is 0 Å². The van der Waals surface area contributed by atoms with Gasteiger partial charge >= 0.3 is 12.1 Å². The van der Waals surface area contributed by atoms with Gasteiger partial charge in [-0.25, -0.2) is 13.6 Å². The van der Waals surface area contributed by atoms with Crippen LogP contribution in [0.25, 0.3) is 0 Å². The second-order valence-corrected chi connectivity index (χ2v) is 12.5. The number of nitrogens with zero attached hydrogens (tertiary/aromatic N) is 2. The lowest BCUT2D eigenvalue weighted by molar-refractivity contribution is -0.193. The number of hydrogen-bond acceptors (Lipinski definition) is 6. The Labute approximate surface area is 273 Å². The third kappa shape index (κ3) is 8.13. The van der Waals surface area contributed by atoms with Crippen molar-refractivity contribution in [3.05, 3.63) is 74.5 Å². The number of allylic oxidation sites excluding steroid dienone is 1. The minimum atomic E-state index is -4.68. The Hall–Kier alpha value is -2.93. The highest BCUT2D eigenvalue weighted by Gasteiger charge is 2.48. The van der Waals surface area contributed by atoms with Crippen LogP contribution in [-0.2, 0) is 9.53 Å². The molecule has 0 aromatic heterocycles. The van der Waals surface area contributed by atoms with E-state index < -0.39 is 60.5 Å². The van der Waals surface area contributed by atoms with Gasteiger partial charge in [0.1, 0.15) is 36.6 Å². The highest BCUT2D eigenvalue weighted by atomic mass is 35.5. The first-order valence-electron chi connectivity index (χ1n) is 14.7. The molecule has 2 atom stereocenters. The number of halogens is 7. The van der Waals surface area contributed by atoms with E-state index >= 15 is 8.78 Å². The Morgan fingerprint density at radius 2 is 1.74 bits per heavy atom. The van der Waals surface area contributed by atoms with E-state index in [0.717, 1.165) is 23.0 Å². The molecule has 1 saturated heterocycles. The summed E-state index contributed by atoms with van der Waals surface area (Å²) in [5.74, 6) is -2.87. The molecule has 14 heteroatoms. The van der Waals surface area contributed by atoms with Gasteiger partial charge in [-0.15, -0.1) is 0 Å². The monoisotopic (exact) mass is 692 g/mol. The molecule has 1 heterocycles. The van der Waals surface area contributed by atoms with Gasteiger partial charge < -0.3 is 14.6 Å². The van der Waals surface area contributed by atoms with Gasteiger partial charge in [0.2, 0.25) is 0 Å². The minimum absolute atomic E-state index is 0.0162. The van der Waals surface area contributed by atoms with Crippen molar-refractivity contribution < 1.29 is 46.1 Å². The van der Waals surface area contributed by atoms with Gasteiger partial charge in [-0.05, 0) is 86.4 Å². The molecule has 1 aliphatic carbocycles. The number of ether oxygens (including phenoxy) is 2. The van der Waals surface area contributed by atoms with Crippen molar-refractivity contribution in [1.29, 1.82) is 0 Å². The molecular formula is C32H35Cl2F5N2O5. The number of carbonyl (C=O) groups is 2. The van der Waals surface area contributed by atoms with Crippen molar-refractivity contribution in [2.75, 3.05) is 33.5 Å². The van der Waals surface area contributed by atoms with Gasteiger partial charge in [0, 0.05) is 29.2 Å². The standard InChI is InChI=1S/C32H35Cl2F5N2O5/c1-4-18(2)27(30(44)45-3)41(17-42)29(43)24-14-23(19-5-6-19)26(15-25(24)35)46-16-31(36)7-9-40(10-8-31)28(32(37,38)39)20-11-21(33)13-22(34)12-20/h4,11-15,19,27-28,42H,5-10,16-17H2,1-3H3/b18-4+/t27-,28?/m0/s1. The second kappa shape index (κ2) is 14.5. The molecule has 4 rings (SSSR count). The van der Waals surface area contributed by atoms with E-state index in [9.17, 15) is 27.9 Å². The number of aliphatic hydroxyl groups is 1.